The predicted molar refractivity (Wildman–Crippen MR) is 73.5 cm³/mol. The molecule has 18 heavy (non-hydrogen) atoms. The van der Waals surface area contributed by atoms with Crippen molar-refractivity contribution < 1.29 is 9.90 Å². The lowest BCUT2D eigenvalue weighted by Crippen LogP contribution is -2.35. The Morgan fingerprint density at radius 2 is 1.89 bits per heavy atom. The number of rotatable bonds is 3. The van der Waals surface area contributed by atoms with Crippen LogP contribution in [0.4, 0.5) is 0 Å². The maximum atomic E-state index is 11.8. The first-order valence-electron chi connectivity index (χ1n) is 6.52. The van der Waals surface area contributed by atoms with E-state index in [1.54, 1.807) is 0 Å². The van der Waals surface area contributed by atoms with E-state index in [1.165, 1.54) is 6.42 Å². The normalized spacial score (nSPS) is 35.0. The molecule has 0 amide bonds. The van der Waals surface area contributed by atoms with E-state index in [-0.39, 0.29) is 5.92 Å². The van der Waals surface area contributed by atoms with Crippen LogP contribution in [-0.2, 0) is 4.79 Å². The molecule has 2 aliphatic rings. The van der Waals surface area contributed by atoms with E-state index < -0.39 is 11.4 Å². The molecular weight excluding hydrogens is 292 g/mol. The Kier molecular flexibility index (Phi) is 2.77. The summed E-state index contributed by atoms with van der Waals surface area (Å²) in [5, 5.41) is 9.68. The van der Waals surface area contributed by atoms with E-state index in [0.717, 1.165) is 22.9 Å². The Labute approximate surface area is 116 Å². The van der Waals surface area contributed by atoms with Gasteiger partial charge in [-0.1, -0.05) is 35.0 Å². The minimum absolute atomic E-state index is 0.0934. The molecule has 2 aliphatic carbocycles. The zero-order valence-corrected chi connectivity index (χ0v) is 12.0. The molecule has 0 aromatic heterocycles. The SMILES string of the molecule is CC(c1ccc(Br)cc1)C1(C(=O)O)CC2CC2C1. The van der Waals surface area contributed by atoms with Crippen LogP contribution in [0.1, 0.15) is 37.7 Å². The summed E-state index contributed by atoms with van der Waals surface area (Å²) in [5.74, 6) is 0.846. The van der Waals surface area contributed by atoms with Crippen molar-refractivity contribution in [2.75, 3.05) is 0 Å². The molecule has 96 valence electrons. The molecule has 3 unspecified atom stereocenters. The number of benzene rings is 1. The van der Waals surface area contributed by atoms with E-state index in [1.807, 2.05) is 24.3 Å². The third-order valence-corrected chi connectivity index (χ3v) is 5.48. The second-order valence-corrected chi connectivity index (χ2v) is 6.81. The molecular formula is C15H17BrO2. The summed E-state index contributed by atoms with van der Waals surface area (Å²) >= 11 is 3.42. The second kappa shape index (κ2) is 4.09. The number of carboxylic acid groups (broad SMARTS) is 1. The van der Waals surface area contributed by atoms with Crippen molar-refractivity contribution in [2.45, 2.75) is 32.1 Å². The van der Waals surface area contributed by atoms with Gasteiger partial charge in [0, 0.05) is 4.47 Å². The van der Waals surface area contributed by atoms with Crippen molar-refractivity contribution in [1.82, 2.24) is 0 Å². The maximum Gasteiger partial charge on any atom is 0.310 e. The van der Waals surface area contributed by atoms with Crippen molar-refractivity contribution >= 4 is 21.9 Å². The Morgan fingerprint density at radius 1 is 1.33 bits per heavy atom. The van der Waals surface area contributed by atoms with E-state index >= 15 is 0 Å². The lowest BCUT2D eigenvalue weighted by atomic mass is 9.70. The quantitative estimate of drug-likeness (QED) is 0.914. The number of halogens is 1. The third kappa shape index (κ3) is 1.80. The highest BCUT2D eigenvalue weighted by atomic mass is 79.9. The minimum atomic E-state index is -0.606. The Bertz CT molecular complexity index is 470. The van der Waals surface area contributed by atoms with Gasteiger partial charge >= 0.3 is 5.97 Å². The minimum Gasteiger partial charge on any atom is -0.481 e. The summed E-state index contributed by atoms with van der Waals surface area (Å²) in [7, 11) is 0. The number of carbonyl (C=O) groups is 1. The zero-order valence-electron chi connectivity index (χ0n) is 10.4. The van der Waals surface area contributed by atoms with Crippen LogP contribution in [0.3, 0.4) is 0 Å². The lowest BCUT2D eigenvalue weighted by Gasteiger charge is -2.33. The monoisotopic (exact) mass is 308 g/mol. The molecule has 3 atom stereocenters. The van der Waals surface area contributed by atoms with Gasteiger partial charge in [-0.25, -0.2) is 0 Å². The molecule has 1 aromatic carbocycles. The molecule has 0 saturated heterocycles. The van der Waals surface area contributed by atoms with Crippen LogP contribution in [0, 0.1) is 17.3 Å². The van der Waals surface area contributed by atoms with Gasteiger partial charge in [-0.2, -0.15) is 0 Å². The van der Waals surface area contributed by atoms with Crippen LogP contribution in [0.25, 0.3) is 0 Å². The van der Waals surface area contributed by atoms with Gasteiger partial charge in [0.25, 0.3) is 0 Å². The third-order valence-electron chi connectivity index (χ3n) is 4.95. The van der Waals surface area contributed by atoms with Crippen LogP contribution < -0.4 is 0 Å². The molecule has 3 heteroatoms. The standard InChI is InChI=1S/C15H17BrO2/c1-9(10-2-4-13(16)5-3-10)15(14(17)18)7-11-6-12(11)8-15/h2-5,9,11-12H,6-8H2,1H3,(H,17,18). The molecule has 1 N–H and O–H groups in total. The average Bonchev–Trinajstić information content (AvgIpc) is 2.96. The summed E-state index contributed by atoms with van der Waals surface area (Å²) in [6.45, 7) is 2.07. The molecule has 0 spiro atoms. The number of hydrogen-bond donors (Lipinski definition) is 1. The lowest BCUT2D eigenvalue weighted by molar-refractivity contribution is -0.150. The Balaban J connectivity index is 1.91. The van der Waals surface area contributed by atoms with Crippen molar-refractivity contribution in [3.8, 4) is 0 Å². The molecule has 2 nitrogen and oxygen atoms in total. The molecule has 0 bridgehead atoms. The molecule has 0 heterocycles. The van der Waals surface area contributed by atoms with Gasteiger partial charge in [-0.15, -0.1) is 0 Å². The fourth-order valence-electron chi connectivity index (χ4n) is 3.61. The zero-order chi connectivity index (χ0) is 12.9. The first-order valence-corrected chi connectivity index (χ1v) is 7.31. The van der Waals surface area contributed by atoms with Crippen LogP contribution in [0.2, 0.25) is 0 Å². The first-order chi connectivity index (χ1) is 8.53. The van der Waals surface area contributed by atoms with Gasteiger partial charge < -0.3 is 5.11 Å². The van der Waals surface area contributed by atoms with Crippen LogP contribution in [0.5, 0.6) is 0 Å². The summed E-state index contributed by atoms with van der Waals surface area (Å²) in [5.41, 5.74) is 0.614. The van der Waals surface area contributed by atoms with E-state index in [0.29, 0.717) is 11.8 Å². The highest BCUT2D eigenvalue weighted by molar-refractivity contribution is 9.10. The van der Waals surface area contributed by atoms with Crippen LogP contribution in [0.15, 0.2) is 28.7 Å². The van der Waals surface area contributed by atoms with E-state index in [9.17, 15) is 9.90 Å². The second-order valence-electron chi connectivity index (χ2n) is 5.90. The van der Waals surface area contributed by atoms with Gasteiger partial charge in [-0.05, 0) is 54.7 Å². The molecule has 1 aromatic rings. The van der Waals surface area contributed by atoms with Crippen molar-refractivity contribution in [2.24, 2.45) is 17.3 Å². The van der Waals surface area contributed by atoms with Gasteiger partial charge in [-0.3, -0.25) is 4.79 Å². The first kappa shape index (κ1) is 12.2. The van der Waals surface area contributed by atoms with Crippen LogP contribution >= 0.6 is 15.9 Å². The van der Waals surface area contributed by atoms with E-state index in [2.05, 4.69) is 22.9 Å². The number of fused-ring (bicyclic) bond motifs is 1. The number of hydrogen-bond acceptors (Lipinski definition) is 1. The summed E-state index contributed by atoms with van der Waals surface area (Å²) in [6, 6.07) is 8.08. The van der Waals surface area contributed by atoms with Gasteiger partial charge in [0.1, 0.15) is 0 Å². The van der Waals surface area contributed by atoms with E-state index in [4.69, 9.17) is 0 Å². The molecule has 0 aliphatic heterocycles. The molecule has 2 fully saturated rings. The topological polar surface area (TPSA) is 37.3 Å². The number of carboxylic acids is 1. The summed E-state index contributed by atoms with van der Waals surface area (Å²) in [4.78, 5) is 11.8. The summed E-state index contributed by atoms with van der Waals surface area (Å²) < 4.78 is 1.04. The average molecular weight is 309 g/mol. The van der Waals surface area contributed by atoms with Gasteiger partial charge in [0.2, 0.25) is 0 Å². The smallest absolute Gasteiger partial charge is 0.310 e. The fraction of sp³-hybridized carbons (Fsp3) is 0.533. The van der Waals surface area contributed by atoms with Gasteiger partial charge in [0.05, 0.1) is 5.41 Å². The predicted octanol–water partition coefficient (Wildman–Crippen LogP) is 4.05. The largest absolute Gasteiger partial charge is 0.481 e. The highest BCUT2D eigenvalue weighted by Gasteiger charge is 2.59. The van der Waals surface area contributed by atoms with Crippen molar-refractivity contribution in [3.05, 3.63) is 34.3 Å². The fourth-order valence-corrected chi connectivity index (χ4v) is 3.88. The Hall–Kier alpha value is -0.830. The number of aliphatic carboxylic acids is 1. The highest BCUT2D eigenvalue weighted by Crippen LogP contribution is 2.64. The molecule has 3 rings (SSSR count). The summed E-state index contributed by atoms with van der Waals surface area (Å²) in [6.07, 6.45) is 2.98. The van der Waals surface area contributed by atoms with Crippen molar-refractivity contribution in [3.63, 3.8) is 0 Å². The maximum absolute atomic E-state index is 11.8. The van der Waals surface area contributed by atoms with Crippen molar-refractivity contribution in [1.29, 1.82) is 0 Å². The molecule has 0 radical (unpaired) electrons. The Morgan fingerprint density at radius 3 is 2.39 bits per heavy atom. The molecule has 2 saturated carbocycles. The van der Waals surface area contributed by atoms with Crippen LogP contribution in [-0.4, -0.2) is 11.1 Å². The van der Waals surface area contributed by atoms with Gasteiger partial charge in [0.15, 0.2) is 0 Å².